The van der Waals surface area contributed by atoms with E-state index >= 15 is 0 Å². The molecule has 0 N–H and O–H groups in total. The summed E-state index contributed by atoms with van der Waals surface area (Å²) >= 11 is 0. The van der Waals surface area contributed by atoms with Crippen molar-refractivity contribution in [1.29, 1.82) is 0 Å². The average molecular weight is 346 g/mol. The SMILES string of the molecule is Fc1cccc(Cn2ccc3cc(C=Nc4ccccc4F)ccc32)c1. The fourth-order valence-corrected chi connectivity index (χ4v) is 2.97. The van der Waals surface area contributed by atoms with Gasteiger partial charge in [0.05, 0.1) is 5.69 Å². The second kappa shape index (κ2) is 6.92. The minimum atomic E-state index is -0.342. The molecule has 0 amide bonds. The van der Waals surface area contributed by atoms with E-state index in [1.54, 1.807) is 36.5 Å². The first-order chi connectivity index (χ1) is 12.7. The van der Waals surface area contributed by atoms with Gasteiger partial charge < -0.3 is 4.57 Å². The molecule has 0 aliphatic rings. The third-order valence-electron chi connectivity index (χ3n) is 4.24. The minimum absolute atomic E-state index is 0.231. The summed E-state index contributed by atoms with van der Waals surface area (Å²) in [5.74, 6) is -0.573. The zero-order chi connectivity index (χ0) is 17.9. The van der Waals surface area contributed by atoms with Gasteiger partial charge in [0.1, 0.15) is 11.6 Å². The van der Waals surface area contributed by atoms with E-state index in [4.69, 9.17) is 0 Å². The molecule has 4 heteroatoms. The predicted octanol–water partition coefficient (Wildman–Crippen LogP) is 5.72. The molecule has 0 aliphatic heterocycles. The van der Waals surface area contributed by atoms with Crippen molar-refractivity contribution in [1.82, 2.24) is 4.57 Å². The van der Waals surface area contributed by atoms with Gasteiger partial charge in [-0.05, 0) is 53.6 Å². The van der Waals surface area contributed by atoms with Crippen LogP contribution in [0.5, 0.6) is 0 Å². The molecule has 0 saturated carbocycles. The Morgan fingerprint density at radius 2 is 1.77 bits per heavy atom. The normalized spacial score (nSPS) is 11.5. The number of benzene rings is 3. The van der Waals surface area contributed by atoms with Crippen molar-refractivity contribution in [2.75, 3.05) is 0 Å². The number of halogens is 2. The number of para-hydroxylation sites is 1. The Bertz CT molecular complexity index is 1100. The highest BCUT2D eigenvalue weighted by Gasteiger charge is 2.04. The Morgan fingerprint density at radius 3 is 2.62 bits per heavy atom. The highest BCUT2D eigenvalue weighted by atomic mass is 19.1. The van der Waals surface area contributed by atoms with E-state index in [0.29, 0.717) is 12.2 Å². The maximum Gasteiger partial charge on any atom is 0.148 e. The first-order valence-corrected chi connectivity index (χ1v) is 8.31. The van der Waals surface area contributed by atoms with E-state index in [0.717, 1.165) is 22.0 Å². The molecule has 0 unspecified atom stereocenters. The number of hydrogen-bond acceptors (Lipinski definition) is 1. The molecule has 4 rings (SSSR count). The molecular weight excluding hydrogens is 330 g/mol. The van der Waals surface area contributed by atoms with Crippen molar-refractivity contribution >= 4 is 22.8 Å². The fraction of sp³-hybridized carbons (Fsp3) is 0.0455. The monoisotopic (exact) mass is 346 g/mol. The van der Waals surface area contributed by atoms with Crippen molar-refractivity contribution in [2.24, 2.45) is 4.99 Å². The second-order valence-electron chi connectivity index (χ2n) is 6.10. The standard InChI is InChI=1S/C22H16F2N2/c23-19-5-3-4-17(13-19)15-26-11-10-18-12-16(8-9-22(18)26)14-25-21-7-2-1-6-20(21)24/h1-14H,15H2. The van der Waals surface area contributed by atoms with Gasteiger partial charge in [0.2, 0.25) is 0 Å². The van der Waals surface area contributed by atoms with Crippen LogP contribution in [0.3, 0.4) is 0 Å². The van der Waals surface area contributed by atoms with Crippen LogP contribution >= 0.6 is 0 Å². The van der Waals surface area contributed by atoms with Gasteiger partial charge in [-0.3, -0.25) is 4.99 Å². The van der Waals surface area contributed by atoms with Crippen LogP contribution in [0.2, 0.25) is 0 Å². The van der Waals surface area contributed by atoms with Gasteiger partial charge in [-0.1, -0.05) is 30.3 Å². The molecule has 1 heterocycles. The van der Waals surface area contributed by atoms with Crippen LogP contribution in [0.1, 0.15) is 11.1 Å². The number of fused-ring (bicyclic) bond motifs is 1. The van der Waals surface area contributed by atoms with Gasteiger partial charge in [0.15, 0.2) is 0 Å². The van der Waals surface area contributed by atoms with Crippen LogP contribution in [-0.4, -0.2) is 10.8 Å². The summed E-state index contributed by atoms with van der Waals surface area (Å²) < 4.78 is 29.1. The Hall–Kier alpha value is -3.27. The zero-order valence-corrected chi connectivity index (χ0v) is 13.9. The quantitative estimate of drug-likeness (QED) is 0.421. The highest BCUT2D eigenvalue weighted by molar-refractivity contribution is 5.90. The van der Waals surface area contributed by atoms with Gasteiger partial charge in [0, 0.05) is 29.9 Å². The molecule has 128 valence electrons. The van der Waals surface area contributed by atoms with Crippen molar-refractivity contribution in [3.8, 4) is 0 Å². The van der Waals surface area contributed by atoms with Gasteiger partial charge >= 0.3 is 0 Å². The van der Waals surface area contributed by atoms with E-state index in [1.165, 1.54) is 12.1 Å². The highest BCUT2D eigenvalue weighted by Crippen LogP contribution is 2.20. The average Bonchev–Trinajstić information content (AvgIpc) is 3.03. The van der Waals surface area contributed by atoms with Gasteiger partial charge in [-0.25, -0.2) is 8.78 Å². The lowest BCUT2D eigenvalue weighted by Crippen LogP contribution is -1.98. The number of aliphatic imine (C=N–C) groups is 1. The van der Waals surface area contributed by atoms with Crippen LogP contribution in [0.25, 0.3) is 10.9 Å². The van der Waals surface area contributed by atoms with Crippen LogP contribution in [0.4, 0.5) is 14.5 Å². The molecule has 3 aromatic carbocycles. The molecule has 0 bridgehead atoms. The summed E-state index contributed by atoms with van der Waals surface area (Å²) in [6.45, 7) is 0.601. The molecule has 0 saturated heterocycles. The number of nitrogens with zero attached hydrogens (tertiary/aromatic N) is 2. The van der Waals surface area contributed by atoms with Crippen LogP contribution < -0.4 is 0 Å². The molecule has 26 heavy (non-hydrogen) atoms. The largest absolute Gasteiger partial charge is 0.343 e. The smallest absolute Gasteiger partial charge is 0.148 e. The summed E-state index contributed by atoms with van der Waals surface area (Å²) in [6, 6.07) is 21.0. The maximum atomic E-state index is 13.6. The van der Waals surface area contributed by atoms with Crippen molar-refractivity contribution < 1.29 is 8.78 Å². The van der Waals surface area contributed by atoms with E-state index in [9.17, 15) is 8.78 Å². The summed E-state index contributed by atoms with van der Waals surface area (Å²) in [5, 5.41) is 1.05. The van der Waals surface area contributed by atoms with Crippen molar-refractivity contribution in [3.05, 3.63) is 102 Å². The third-order valence-corrected chi connectivity index (χ3v) is 4.24. The Morgan fingerprint density at radius 1 is 0.885 bits per heavy atom. The van der Waals surface area contributed by atoms with Crippen molar-refractivity contribution in [2.45, 2.75) is 6.54 Å². The Balaban J connectivity index is 1.60. The topological polar surface area (TPSA) is 17.3 Å². The number of hydrogen-bond donors (Lipinski definition) is 0. The first-order valence-electron chi connectivity index (χ1n) is 8.31. The molecular formula is C22H16F2N2. The van der Waals surface area contributed by atoms with E-state index in [2.05, 4.69) is 9.56 Å². The third kappa shape index (κ3) is 3.40. The molecule has 2 nitrogen and oxygen atoms in total. The van der Waals surface area contributed by atoms with Gasteiger partial charge in [-0.15, -0.1) is 0 Å². The molecule has 0 radical (unpaired) electrons. The minimum Gasteiger partial charge on any atom is -0.343 e. The summed E-state index contributed by atoms with van der Waals surface area (Å²) in [4.78, 5) is 4.22. The van der Waals surface area contributed by atoms with Crippen LogP contribution in [0.15, 0.2) is 84.0 Å². The molecule has 0 fully saturated rings. The van der Waals surface area contributed by atoms with E-state index in [1.807, 2.05) is 36.5 Å². The number of aromatic nitrogens is 1. The fourth-order valence-electron chi connectivity index (χ4n) is 2.97. The molecule has 1 aromatic heterocycles. The van der Waals surface area contributed by atoms with Crippen LogP contribution in [0, 0.1) is 11.6 Å². The first kappa shape index (κ1) is 16.2. The lowest BCUT2D eigenvalue weighted by Gasteiger charge is -2.06. The molecule has 4 aromatic rings. The van der Waals surface area contributed by atoms with Crippen LogP contribution in [-0.2, 0) is 6.54 Å². The van der Waals surface area contributed by atoms with Gasteiger partial charge in [-0.2, -0.15) is 0 Å². The number of rotatable bonds is 4. The lowest BCUT2D eigenvalue weighted by molar-refractivity contribution is 0.624. The summed E-state index contributed by atoms with van der Waals surface area (Å²) in [6.07, 6.45) is 3.63. The summed E-state index contributed by atoms with van der Waals surface area (Å²) in [5.41, 5.74) is 3.17. The second-order valence-corrected chi connectivity index (χ2v) is 6.10. The van der Waals surface area contributed by atoms with E-state index < -0.39 is 0 Å². The Labute approximate surface area is 150 Å². The predicted molar refractivity (Wildman–Crippen MR) is 101 cm³/mol. The lowest BCUT2D eigenvalue weighted by atomic mass is 10.1. The van der Waals surface area contributed by atoms with Crippen molar-refractivity contribution in [3.63, 3.8) is 0 Å². The molecule has 0 atom stereocenters. The summed E-state index contributed by atoms with van der Waals surface area (Å²) in [7, 11) is 0. The maximum absolute atomic E-state index is 13.6. The molecule has 0 spiro atoms. The van der Waals surface area contributed by atoms with Gasteiger partial charge in [0.25, 0.3) is 0 Å². The zero-order valence-electron chi connectivity index (χ0n) is 13.9. The van der Waals surface area contributed by atoms with E-state index in [-0.39, 0.29) is 11.6 Å². The molecule has 0 aliphatic carbocycles. The Kier molecular flexibility index (Phi) is 4.32.